The molecule has 0 saturated heterocycles. The van der Waals surface area contributed by atoms with Gasteiger partial charge in [-0.2, -0.15) is 5.26 Å². The van der Waals surface area contributed by atoms with Crippen LogP contribution in [0.2, 0.25) is 0 Å². The molecule has 1 saturated carbocycles. The van der Waals surface area contributed by atoms with Crippen molar-refractivity contribution in [1.82, 2.24) is 0 Å². The van der Waals surface area contributed by atoms with Crippen LogP contribution in [0.25, 0.3) is 0 Å². The Hall–Kier alpha value is -1.95. The molecule has 0 bridgehead atoms. The fourth-order valence-corrected chi connectivity index (χ4v) is 2.46. The molecular formula is C16H17NO2. The highest BCUT2D eigenvalue weighted by atomic mass is 16.2. The van der Waals surface area contributed by atoms with E-state index in [0.29, 0.717) is 5.56 Å². The van der Waals surface area contributed by atoms with Crippen molar-refractivity contribution in [2.75, 3.05) is 0 Å². The minimum atomic E-state index is -1.13. The van der Waals surface area contributed by atoms with E-state index >= 15 is 0 Å². The summed E-state index contributed by atoms with van der Waals surface area (Å²) in [5.41, 5.74) is 2.41. The predicted octanol–water partition coefficient (Wildman–Crippen LogP) is 3.00. The molecule has 98 valence electrons. The fourth-order valence-electron chi connectivity index (χ4n) is 2.46. The second-order valence-electron chi connectivity index (χ2n) is 5.33. The molecule has 2 rings (SSSR count). The number of carbonyl (C=O) groups excluding carboxylic acids is 2. The number of carbonyl (C=O) groups is 2. The number of rotatable bonds is 4. The van der Waals surface area contributed by atoms with Gasteiger partial charge in [0.25, 0.3) is 0 Å². The van der Waals surface area contributed by atoms with Crippen LogP contribution in [0.15, 0.2) is 18.2 Å². The van der Waals surface area contributed by atoms with Crippen LogP contribution in [0.1, 0.15) is 40.7 Å². The third-order valence-corrected chi connectivity index (χ3v) is 3.69. The zero-order valence-electron chi connectivity index (χ0n) is 11.3. The molecule has 0 amide bonds. The Bertz CT molecular complexity index is 544. The van der Waals surface area contributed by atoms with Gasteiger partial charge in [0.2, 0.25) is 0 Å². The quantitative estimate of drug-likeness (QED) is 0.614. The molecule has 0 spiro atoms. The predicted molar refractivity (Wildman–Crippen MR) is 71.7 cm³/mol. The summed E-state index contributed by atoms with van der Waals surface area (Å²) in [4.78, 5) is 24.4. The van der Waals surface area contributed by atoms with Crippen molar-refractivity contribution in [3.05, 3.63) is 34.9 Å². The number of aryl methyl sites for hydroxylation is 2. The molecule has 1 aliphatic rings. The van der Waals surface area contributed by atoms with E-state index in [4.69, 9.17) is 5.26 Å². The standard InChI is InChI=1S/C16H17NO2/c1-10-6-11(2)8-13(7-10)16(19)14(9-17)15(18)12-4-3-5-12/h6-8,12,14H,3-5H2,1-2H3/t14-/m0/s1. The number of nitriles is 1. The third kappa shape index (κ3) is 2.73. The molecule has 0 unspecified atom stereocenters. The highest BCUT2D eigenvalue weighted by molar-refractivity contribution is 6.13. The number of hydrogen-bond acceptors (Lipinski definition) is 3. The number of Topliss-reactive ketones (excluding diaryl/α,β-unsaturated/α-hetero) is 2. The van der Waals surface area contributed by atoms with E-state index in [2.05, 4.69) is 0 Å². The van der Waals surface area contributed by atoms with E-state index < -0.39 is 5.92 Å². The lowest BCUT2D eigenvalue weighted by atomic mass is 9.76. The van der Waals surface area contributed by atoms with Gasteiger partial charge in [-0.25, -0.2) is 0 Å². The molecule has 1 fully saturated rings. The number of ketones is 2. The van der Waals surface area contributed by atoms with Crippen LogP contribution < -0.4 is 0 Å². The zero-order chi connectivity index (χ0) is 14.0. The van der Waals surface area contributed by atoms with E-state index in [1.54, 1.807) is 12.1 Å². The first-order valence-electron chi connectivity index (χ1n) is 6.59. The van der Waals surface area contributed by atoms with Gasteiger partial charge in [0, 0.05) is 11.5 Å². The van der Waals surface area contributed by atoms with Crippen LogP contribution >= 0.6 is 0 Å². The summed E-state index contributed by atoms with van der Waals surface area (Å²) in [6.07, 6.45) is 2.65. The molecule has 0 N–H and O–H groups in total. The average molecular weight is 255 g/mol. The molecule has 1 aromatic carbocycles. The SMILES string of the molecule is Cc1cc(C)cc(C(=O)[C@@H](C#N)C(=O)C2CCC2)c1. The zero-order valence-corrected chi connectivity index (χ0v) is 11.3. The molecule has 3 heteroatoms. The van der Waals surface area contributed by atoms with E-state index in [-0.39, 0.29) is 17.5 Å². The largest absolute Gasteiger partial charge is 0.297 e. The van der Waals surface area contributed by atoms with Gasteiger partial charge in [-0.15, -0.1) is 0 Å². The van der Waals surface area contributed by atoms with Crippen LogP contribution in [0.4, 0.5) is 0 Å². The van der Waals surface area contributed by atoms with Crippen molar-refractivity contribution in [2.45, 2.75) is 33.1 Å². The normalized spacial score (nSPS) is 16.3. The van der Waals surface area contributed by atoms with Crippen molar-refractivity contribution >= 4 is 11.6 Å². The first kappa shape index (κ1) is 13.5. The Morgan fingerprint density at radius 2 is 1.79 bits per heavy atom. The number of nitrogens with zero attached hydrogens (tertiary/aromatic N) is 1. The number of benzene rings is 1. The maximum absolute atomic E-state index is 12.3. The maximum Gasteiger partial charge on any atom is 0.187 e. The third-order valence-electron chi connectivity index (χ3n) is 3.69. The summed E-state index contributed by atoms with van der Waals surface area (Å²) in [6.45, 7) is 3.80. The minimum absolute atomic E-state index is 0.0838. The summed E-state index contributed by atoms with van der Waals surface area (Å²) >= 11 is 0. The summed E-state index contributed by atoms with van der Waals surface area (Å²) < 4.78 is 0. The lowest BCUT2D eigenvalue weighted by Crippen LogP contribution is -2.32. The summed E-state index contributed by atoms with van der Waals surface area (Å²) in [6, 6.07) is 7.34. The highest BCUT2D eigenvalue weighted by Crippen LogP contribution is 2.30. The lowest BCUT2D eigenvalue weighted by molar-refractivity contribution is -0.126. The fraction of sp³-hybridized carbons (Fsp3) is 0.438. The first-order chi connectivity index (χ1) is 9.02. The molecular weight excluding hydrogens is 238 g/mol. The van der Waals surface area contributed by atoms with Crippen LogP contribution in [-0.4, -0.2) is 11.6 Å². The van der Waals surface area contributed by atoms with Crippen molar-refractivity contribution in [1.29, 1.82) is 5.26 Å². The smallest absolute Gasteiger partial charge is 0.187 e. The number of hydrogen-bond donors (Lipinski definition) is 0. The van der Waals surface area contributed by atoms with Crippen molar-refractivity contribution in [3.63, 3.8) is 0 Å². The molecule has 0 heterocycles. The summed E-state index contributed by atoms with van der Waals surface area (Å²) in [5, 5.41) is 9.14. The molecule has 0 radical (unpaired) electrons. The van der Waals surface area contributed by atoms with Crippen molar-refractivity contribution in [2.24, 2.45) is 11.8 Å². The molecule has 1 aromatic rings. The lowest BCUT2D eigenvalue weighted by Gasteiger charge is -2.25. The molecule has 3 nitrogen and oxygen atoms in total. The van der Waals surface area contributed by atoms with E-state index in [1.807, 2.05) is 26.0 Å². The van der Waals surface area contributed by atoms with Crippen molar-refractivity contribution < 1.29 is 9.59 Å². The van der Waals surface area contributed by atoms with Gasteiger partial charge >= 0.3 is 0 Å². The Kier molecular flexibility index (Phi) is 3.80. The van der Waals surface area contributed by atoms with Gasteiger partial charge in [-0.3, -0.25) is 9.59 Å². The first-order valence-corrected chi connectivity index (χ1v) is 6.59. The van der Waals surface area contributed by atoms with Gasteiger partial charge < -0.3 is 0 Å². The van der Waals surface area contributed by atoms with Gasteiger partial charge in [0.05, 0.1) is 6.07 Å². The van der Waals surface area contributed by atoms with Crippen LogP contribution in [0.5, 0.6) is 0 Å². The van der Waals surface area contributed by atoms with E-state index in [9.17, 15) is 9.59 Å². The van der Waals surface area contributed by atoms with Crippen LogP contribution in [0.3, 0.4) is 0 Å². The minimum Gasteiger partial charge on any atom is -0.297 e. The monoisotopic (exact) mass is 255 g/mol. The Morgan fingerprint density at radius 1 is 1.21 bits per heavy atom. The van der Waals surface area contributed by atoms with Crippen LogP contribution in [0, 0.1) is 37.0 Å². The summed E-state index contributed by atoms with van der Waals surface area (Å²) in [7, 11) is 0. The van der Waals surface area contributed by atoms with Gasteiger partial charge in [0.15, 0.2) is 17.5 Å². The second kappa shape index (κ2) is 5.36. The Labute approximate surface area is 113 Å². The molecule has 1 aliphatic carbocycles. The van der Waals surface area contributed by atoms with E-state index in [1.165, 1.54) is 0 Å². The van der Waals surface area contributed by atoms with Gasteiger partial charge in [0.1, 0.15) is 0 Å². The molecule has 19 heavy (non-hydrogen) atoms. The molecule has 0 aliphatic heterocycles. The van der Waals surface area contributed by atoms with Crippen LogP contribution in [-0.2, 0) is 4.79 Å². The average Bonchev–Trinajstić information content (AvgIpc) is 2.26. The Morgan fingerprint density at radius 3 is 2.21 bits per heavy atom. The van der Waals surface area contributed by atoms with Gasteiger partial charge in [-0.05, 0) is 38.8 Å². The maximum atomic E-state index is 12.3. The van der Waals surface area contributed by atoms with Gasteiger partial charge in [-0.1, -0.05) is 23.6 Å². The summed E-state index contributed by atoms with van der Waals surface area (Å²) in [5.74, 6) is -1.77. The molecule has 0 aromatic heterocycles. The topological polar surface area (TPSA) is 57.9 Å². The highest BCUT2D eigenvalue weighted by Gasteiger charge is 2.35. The van der Waals surface area contributed by atoms with E-state index in [0.717, 1.165) is 30.4 Å². The molecule has 1 atom stereocenters. The second-order valence-corrected chi connectivity index (χ2v) is 5.33. The van der Waals surface area contributed by atoms with Crippen molar-refractivity contribution in [3.8, 4) is 6.07 Å². The Balaban J connectivity index is 2.25.